The van der Waals surface area contributed by atoms with Crippen LogP contribution in [-0.4, -0.2) is 11.5 Å². The van der Waals surface area contributed by atoms with Crippen molar-refractivity contribution in [1.29, 1.82) is 0 Å². The highest BCUT2D eigenvalue weighted by atomic mass is 35.5. The molecule has 0 fully saturated rings. The number of rotatable bonds is 4. The predicted molar refractivity (Wildman–Crippen MR) is 53.9 cm³/mol. The molecule has 0 unspecified atom stereocenters. The van der Waals surface area contributed by atoms with E-state index in [1.807, 2.05) is 6.92 Å². The lowest BCUT2D eigenvalue weighted by molar-refractivity contribution is -0.385. The summed E-state index contributed by atoms with van der Waals surface area (Å²) in [6.45, 7) is 2.39. The van der Waals surface area contributed by atoms with Crippen molar-refractivity contribution in [2.45, 2.75) is 13.3 Å². The van der Waals surface area contributed by atoms with Crippen LogP contribution in [0.15, 0.2) is 18.2 Å². The van der Waals surface area contributed by atoms with Crippen LogP contribution in [0.5, 0.6) is 5.75 Å². The van der Waals surface area contributed by atoms with E-state index in [4.69, 9.17) is 16.3 Å². The number of benzene rings is 1. The molecule has 1 rings (SSSR count). The monoisotopic (exact) mass is 215 g/mol. The van der Waals surface area contributed by atoms with Crippen molar-refractivity contribution in [2.75, 3.05) is 6.61 Å². The largest absolute Gasteiger partial charge is 0.487 e. The molecule has 0 aliphatic heterocycles. The Balaban J connectivity index is 2.96. The van der Waals surface area contributed by atoms with Gasteiger partial charge in [-0.15, -0.1) is 0 Å². The molecule has 5 heteroatoms. The van der Waals surface area contributed by atoms with Gasteiger partial charge in [-0.1, -0.05) is 18.5 Å². The maximum atomic E-state index is 10.6. The van der Waals surface area contributed by atoms with Gasteiger partial charge in [0.05, 0.1) is 11.5 Å². The average Bonchev–Trinajstić information content (AvgIpc) is 2.15. The second-order valence-electron chi connectivity index (χ2n) is 2.72. The average molecular weight is 216 g/mol. The lowest BCUT2D eigenvalue weighted by Gasteiger charge is -2.04. The van der Waals surface area contributed by atoms with Crippen LogP contribution in [0.25, 0.3) is 0 Å². The molecular formula is C9H10ClNO3. The maximum Gasteiger partial charge on any atom is 0.312 e. The van der Waals surface area contributed by atoms with Crippen LogP contribution in [0, 0.1) is 10.1 Å². The molecule has 0 aliphatic carbocycles. The molecule has 0 aliphatic rings. The van der Waals surface area contributed by atoms with Crippen LogP contribution < -0.4 is 4.74 Å². The number of halogens is 1. The van der Waals surface area contributed by atoms with Gasteiger partial charge in [0.15, 0.2) is 5.75 Å². The number of nitro groups is 1. The number of nitrogens with zero attached hydrogens (tertiary/aromatic N) is 1. The summed E-state index contributed by atoms with van der Waals surface area (Å²) in [5, 5.41) is 10.9. The topological polar surface area (TPSA) is 52.4 Å². The highest BCUT2D eigenvalue weighted by Crippen LogP contribution is 2.29. The van der Waals surface area contributed by atoms with Crippen molar-refractivity contribution < 1.29 is 9.66 Å². The maximum absolute atomic E-state index is 10.6. The van der Waals surface area contributed by atoms with Gasteiger partial charge in [0, 0.05) is 11.1 Å². The smallest absolute Gasteiger partial charge is 0.312 e. The van der Waals surface area contributed by atoms with Crippen molar-refractivity contribution in [3.8, 4) is 5.75 Å². The van der Waals surface area contributed by atoms with Gasteiger partial charge < -0.3 is 4.74 Å². The fourth-order valence-electron chi connectivity index (χ4n) is 0.967. The fourth-order valence-corrected chi connectivity index (χ4v) is 1.13. The van der Waals surface area contributed by atoms with Crippen molar-refractivity contribution in [1.82, 2.24) is 0 Å². The molecular weight excluding hydrogens is 206 g/mol. The molecule has 4 nitrogen and oxygen atoms in total. The molecule has 1 aromatic rings. The van der Waals surface area contributed by atoms with E-state index in [-0.39, 0.29) is 11.4 Å². The van der Waals surface area contributed by atoms with Gasteiger partial charge in [-0.2, -0.15) is 0 Å². The van der Waals surface area contributed by atoms with Crippen LogP contribution >= 0.6 is 11.6 Å². The fraction of sp³-hybridized carbons (Fsp3) is 0.333. The molecule has 1 aromatic carbocycles. The van der Waals surface area contributed by atoms with E-state index in [2.05, 4.69) is 0 Å². The van der Waals surface area contributed by atoms with Gasteiger partial charge >= 0.3 is 5.69 Å². The molecule has 0 radical (unpaired) electrons. The van der Waals surface area contributed by atoms with Gasteiger partial charge in [-0.25, -0.2) is 0 Å². The van der Waals surface area contributed by atoms with E-state index in [0.29, 0.717) is 11.6 Å². The van der Waals surface area contributed by atoms with Crippen molar-refractivity contribution in [3.63, 3.8) is 0 Å². The lowest BCUT2D eigenvalue weighted by Crippen LogP contribution is -1.99. The Hall–Kier alpha value is -1.29. The van der Waals surface area contributed by atoms with Crippen molar-refractivity contribution in [3.05, 3.63) is 33.3 Å². The highest BCUT2D eigenvalue weighted by Gasteiger charge is 2.14. The van der Waals surface area contributed by atoms with Crippen LogP contribution in [0.4, 0.5) is 5.69 Å². The third kappa shape index (κ3) is 2.60. The molecule has 0 amide bonds. The number of nitro benzene ring substituents is 1. The normalized spacial score (nSPS) is 9.86. The third-order valence-electron chi connectivity index (χ3n) is 1.58. The number of hydrogen-bond donors (Lipinski definition) is 0. The quantitative estimate of drug-likeness (QED) is 0.573. The molecule has 0 heterocycles. The van der Waals surface area contributed by atoms with Crippen LogP contribution in [0.3, 0.4) is 0 Å². The second-order valence-corrected chi connectivity index (χ2v) is 3.15. The lowest BCUT2D eigenvalue weighted by atomic mass is 10.3. The first-order chi connectivity index (χ1) is 6.65. The Labute approximate surface area is 86.6 Å². The zero-order valence-electron chi connectivity index (χ0n) is 7.70. The summed E-state index contributed by atoms with van der Waals surface area (Å²) in [5.41, 5.74) is -0.0917. The minimum absolute atomic E-state index is 0.0917. The second kappa shape index (κ2) is 4.81. The van der Waals surface area contributed by atoms with Gasteiger partial charge in [0.1, 0.15) is 0 Å². The van der Waals surface area contributed by atoms with E-state index in [0.717, 1.165) is 6.42 Å². The Morgan fingerprint density at radius 3 is 2.86 bits per heavy atom. The summed E-state index contributed by atoms with van der Waals surface area (Å²) < 4.78 is 5.20. The Kier molecular flexibility index (Phi) is 3.71. The summed E-state index contributed by atoms with van der Waals surface area (Å²) >= 11 is 5.63. The Morgan fingerprint density at radius 2 is 2.29 bits per heavy atom. The van der Waals surface area contributed by atoms with E-state index in [1.54, 1.807) is 6.07 Å². The molecule has 0 aromatic heterocycles. The zero-order chi connectivity index (χ0) is 10.6. The zero-order valence-corrected chi connectivity index (χ0v) is 8.45. The minimum Gasteiger partial charge on any atom is -0.487 e. The van der Waals surface area contributed by atoms with Crippen molar-refractivity contribution >= 4 is 17.3 Å². The molecule has 0 N–H and O–H groups in total. The molecule has 0 bridgehead atoms. The number of ether oxygens (including phenoxy) is 1. The molecule has 0 saturated heterocycles. The molecule has 76 valence electrons. The van der Waals surface area contributed by atoms with Crippen LogP contribution in [0.2, 0.25) is 5.02 Å². The van der Waals surface area contributed by atoms with Crippen LogP contribution in [-0.2, 0) is 0 Å². The summed E-state index contributed by atoms with van der Waals surface area (Å²) in [6, 6.07) is 4.36. The summed E-state index contributed by atoms with van der Waals surface area (Å²) in [5.74, 6) is 0.265. The summed E-state index contributed by atoms with van der Waals surface area (Å²) in [6.07, 6.45) is 0.805. The number of hydrogen-bond acceptors (Lipinski definition) is 3. The van der Waals surface area contributed by atoms with E-state index in [9.17, 15) is 10.1 Å². The molecule has 0 saturated carbocycles. The molecule has 0 spiro atoms. The first-order valence-corrected chi connectivity index (χ1v) is 4.59. The van der Waals surface area contributed by atoms with Crippen LogP contribution in [0.1, 0.15) is 13.3 Å². The first kappa shape index (κ1) is 10.8. The molecule has 0 atom stereocenters. The van der Waals surface area contributed by atoms with Gasteiger partial charge in [0.2, 0.25) is 0 Å². The molecule has 14 heavy (non-hydrogen) atoms. The highest BCUT2D eigenvalue weighted by molar-refractivity contribution is 6.30. The van der Waals surface area contributed by atoms with E-state index >= 15 is 0 Å². The predicted octanol–water partition coefficient (Wildman–Crippen LogP) is 3.04. The summed E-state index contributed by atoms with van der Waals surface area (Å²) in [4.78, 5) is 10.1. The van der Waals surface area contributed by atoms with Crippen molar-refractivity contribution in [2.24, 2.45) is 0 Å². The van der Waals surface area contributed by atoms with E-state index in [1.165, 1.54) is 12.1 Å². The third-order valence-corrected chi connectivity index (χ3v) is 1.81. The van der Waals surface area contributed by atoms with Gasteiger partial charge in [-0.05, 0) is 18.6 Å². The summed E-state index contributed by atoms with van der Waals surface area (Å²) in [7, 11) is 0. The van der Waals surface area contributed by atoms with E-state index < -0.39 is 4.92 Å². The van der Waals surface area contributed by atoms with Gasteiger partial charge in [-0.3, -0.25) is 10.1 Å². The standard InChI is InChI=1S/C9H10ClNO3/c1-2-5-14-9-4-3-7(10)6-8(9)11(12)13/h3-4,6H,2,5H2,1H3. The van der Waals surface area contributed by atoms with Gasteiger partial charge in [0.25, 0.3) is 0 Å². The first-order valence-electron chi connectivity index (χ1n) is 4.22. The SMILES string of the molecule is CCCOc1ccc(Cl)cc1[N+](=O)[O-]. The Morgan fingerprint density at radius 1 is 1.57 bits per heavy atom. The minimum atomic E-state index is -0.503. The Bertz CT molecular complexity index is 341.